The molecule has 0 spiro atoms. The summed E-state index contributed by atoms with van der Waals surface area (Å²) in [6.45, 7) is 6.24. The van der Waals surface area contributed by atoms with Gasteiger partial charge in [-0.3, -0.25) is 0 Å². The zero-order chi connectivity index (χ0) is 18.5. The molecule has 0 bridgehead atoms. The predicted molar refractivity (Wildman–Crippen MR) is 106 cm³/mol. The van der Waals surface area contributed by atoms with Crippen molar-refractivity contribution in [1.29, 1.82) is 0 Å². The maximum atomic E-state index is 12.6. The number of allylic oxidation sites excluding steroid dienone is 1. The predicted octanol–water partition coefficient (Wildman–Crippen LogP) is 4.47. The van der Waals surface area contributed by atoms with Gasteiger partial charge in [0.05, 0.1) is 12.2 Å². The van der Waals surface area contributed by atoms with Crippen LogP contribution < -0.4 is 5.32 Å². The van der Waals surface area contributed by atoms with Crippen LogP contribution in [0.3, 0.4) is 0 Å². The third-order valence-corrected chi connectivity index (χ3v) is 5.97. The molecule has 1 unspecified atom stereocenters. The van der Waals surface area contributed by atoms with Gasteiger partial charge in [-0.05, 0) is 31.7 Å². The van der Waals surface area contributed by atoms with Crippen LogP contribution in [0.4, 0.5) is 5.95 Å². The minimum Gasteiger partial charge on any atom is -0.463 e. The van der Waals surface area contributed by atoms with Crippen molar-refractivity contribution in [3.63, 3.8) is 0 Å². The maximum absolute atomic E-state index is 12.6. The zero-order valence-electron chi connectivity index (χ0n) is 15.3. The van der Waals surface area contributed by atoms with Crippen molar-refractivity contribution >= 4 is 35.0 Å². The quantitative estimate of drug-likeness (QED) is 0.406. The van der Waals surface area contributed by atoms with Gasteiger partial charge in [-0.15, -0.1) is 16.4 Å². The molecule has 0 saturated heterocycles. The summed E-state index contributed by atoms with van der Waals surface area (Å²) in [5.41, 5.74) is 1.36. The van der Waals surface area contributed by atoms with Gasteiger partial charge in [0.2, 0.25) is 11.1 Å². The summed E-state index contributed by atoms with van der Waals surface area (Å²) in [6, 6.07) is 3.70. The number of ether oxygens (including phenoxy) is 1. The smallest absolute Gasteiger partial charge is 0.338 e. The second-order valence-electron chi connectivity index (χ2n) is 6.02. The number of nitrogens with zero attached hydrogens (tertiary/aromatic N) is 3. The van der Waals surface area contributed by atoms with Crippen LogP contribution in [0, 0.1) is 0 Å². The number of thiophene rings is 1. The van der Waals surface area contributed by atoms with Crippen molar-refractivity contribution in [3.05, 3.63) is 33.7 Å². The fourth-order valence-electron chi connectivity index (χ4n) is 2.89. The summed E-state index contributed by atoms with van der Waals surface area (Å²) < 4.78 is 7.11. The number of carbonyl (C=O) groups excluding carboxylic acids is 1. The van der Waals surface area contributed by atoms with Gasteiger partial charge in [0.1, 0.15) is 6.04 Å². The third kappa shape index (κ3) is 3.96. The molecule has 6 nitrogen and oxygen atoms in total. The van der Waals surface area contributed by atoms with Crippen LogP contribution in [0.1, 0.15) is 51.0 Å². The van der Waals surface area contributed by atoms with Gasteiger partial charge < -0.3 is 10.1 Å². The number of fused-ring (bicyclic) bond motifs is 1. The molecule has 3 heterocycles. The lowest BCUT2D eigenvalue weighted by atomic mass is 10.0. The molecule has 0 saturated carbocycles. The number of thioether (sulfide) groups is 1. The molecule has 2 aromatic heterocycles. The SMILES string of the molecule is CCCCCSc1nc2n(n1)C(c1cccs1)C(C(=O)OCC)=C(C)N2. The fraction of sp³-hybridized carbons (Fsp3) is 0.500. The molecule has 26 heavy (non-hydrogen) atoms. The Balaban J connectivity index is 1.92. The lowest BCUT2D eigenvalue weighted by molar-refractivity contribution is -0.139. The summed E-state index contributed by atoms with van der Waals surface area (Å²) in [4.78, 5) is 18.3. The monoisotopic (exact) mass is 392 g/mol. The first-order valence-corrected chi connectivity index (χ1v) is 10.8. The number of carbonyl (C=O) groups is 1. The molecule has 0 radical (unpaired) electrons. The van der Waals surface area contributed by atoms with Gasteiger partial charge in [0.15, 0.2) is 0 Å². The number of unbranched alkanes of at least 4 members (excludes halogenated alkanes) is 2. The van der Waals surface area contributed by atoms with E-state index in [9.17, 15) is 4.79 Å². The number of anilines is 1. The van der Waals surface area contributed by atoms with Crippen LogP contribution in [-0.2, 0) is 9.53 Å². The third-order valence-electron chi connectivity index (χ3n) is 4.12. The van der Waals surface area contributed by atoms with Crippen molar-refractivity contribution < 1.29 is 9.53 Å². The Morgan fingerprint density at radius 1 is 1.42 bits per heavy atom. The van der Waals surface area contributed by atoms with Crippen LogP contribution in [0.15, 0.2) is 33.9 Å². The Bertz CT molecular complexity index is 783. The molecule has 3 rings (SSSR count). The minimum absolute atomic E-state index is 0.303. The Morgan fingerprint density at radius 3 is 2.96 bits per heavy atom. The highest BCUT2D eigenvalue weighted by Gasteiger charge is 2.35. The largest absolute Gasteiger partial charge is 0.463 e. The molecule has 140 valence electrons. The molecule has 2 aromatic rings. The van der Waals surface area contributed by atoms with Crippen molar-refractivity contribution in [1.82, 2.24) is 14.8 Å². The van der Waals surface area contributed by atoms with Crippen molar-refractivity contribution in [3.8, 4) is 0 Å². The zero-order valence-corrected chi connectivity index (χ0v) is 17.0. The molecule has 0 aliphatic carbocycles. The molecular weight excluding hydrogens is 368 g/mol. The van der Waals surface area contributed by atoms with Crippen LogP contribution in [0.2, 0.25) is 0 Å². The molecule has 1 N–H and O–H groups in total. The van der Waals surface area contributed by atoms with Gasteiger partial charge in [-0.2, -0.15) is 4.98 Å². The Hall–Kier alpha value is -1.80. The van der Waals surface area contributed by atoms with Gasteiger partial charge in [-0.25, -0.2) is 9.48 Å². The second kappa shape index (κ2) is 8.73. The number of aromatic nitrogens is 3. The molecule has 1 atom stereocenters. The van der Waals surface area contributed by atoms with E-state index in [0.29, 0.717) is 18.1 Å². The number of nitrogens with one attached hydrogen (secondary N) is 1. The standard InChI is InChI=1S/C18H24N4O2S2/c1-4-6-7-10-26-18-20-17-19-12(3)14(16(23)24-5-2)15(22(17)21-18)13-9-8-11-25-13/h8-9,11,15H,4-7,10H2,1-3H3,(H,19,20,21). The van der Waals surface area contributed by atoms with Crippen molar-refractivity contribution in [2.24, 2.45) is 0 Å². The Kier molecular flexibility index (Phi) is 6.37. The van der Waals surface area contributed by atoms with E-state index >= 15 is 0 Å². The van der Waals surface area contributed by atoms with Gasteiger partial charge in [0, 0.05) is 16.3 Å². The van der Waals surface area contributed by atoms with Crippen LogP contribution in [0.25, 0.3) is 0 Å². The van der Waals surface area contributed by atoms with E-state index in [2.05, 4.69) is 22.3 Å². The van der Waals surface area contributed by atoms with Crippen LogP contribution in [0.5, 0.6) is 0 Å². The van der Waals surface area contributed by atoms with Gasteiger partial charge in [0.25, 0.3) is 0 Å². The Morgan fingerprint density at radius 2 is 2.27 bits per heavy atom. The highest BCUT2D eigenvalue weighted by atomic mass is 32.2. The molecule has 0 aromatic carbocycles. The highest BCUT2D eigenvalue weighted by molar-refractivity contribution is 7.99. The van der Waals surface area contributed by atoms with Crippen molar-refractivity contribution in [2.75, 3.05) is 17.7 Å². The van der Waals surface area contributed by atoms with E-state index in [4.69, 9.17) is 4.74 Å². The van der Waals surface area contributed by atoms with E-state index in [1.165, 1.54) is 12.8 Å². The molecule has 8 heteroatoms. The summed E-state index contributed by atoms with van der Waals surface area (Å²) >= 11 is 3.26. The lowest BCUT2D eigenvalue weighted by Gasteiger charge is -2.26. The molecule has 1 aliphatic heterocycles. The molecular formula is C18H24N4O2S2. The summed E-state index contributed by atoms with van der Waals surface area (Å²) in [7, 11) is 0. The topological polar surface area (TPSA) is 69.0 Å². The fourth-order valence-corrected chi connectivity index (χ4v) is 4.54. The average Bonchev–Trinajstić information content (AvgIpc) is 3.27. The minimum atomic E-state index is -0.311. The van der Waals surface area contributed by atoms with E-state index in [1.54, 1.807) is 23.1 Å². The Labute approximate surface area is 162 Å². The summed E-state index contributed by atoms with van der Waals surface area (Å²) in [6.07, 6.45) is 3.56. The first-order chi connectivity index (χ1) is 12.7. The highest BCUT2D eigenvalue weighted by Crippen LogP contribution is 2.38. The van der Waals surface area contributed by atoms with E-state index < -0.39 is 0 Å². The second-order valence-corrected chi connectivity index (χ2v) is 8.06. The van der Waals surface area contributed by atoms with E-state index in [-0.39, 0.29) is 12.0 Å². The number of hydrogen-bond donors (Lipinski definition) is 1. The van der Waals surface area contributed by atoms with E-state index in [1.807, 2.05) is 36.0 Å². The number of hydrogen-bond acceptors (Lipinski definition) is 7. The average molecular weight is 393 g/mol. The summed E-state index contributed by atoms with van der Waals surface area (Å²) in [5, 5.41) is 10.7. The maximum Gasteiger partial charge on any atom is 0.338 e. The van der Waals surface area contributed by atoms with Gasteiger partial charge >= 0.3 is 5.97 Å². The van der Waals surface area contributed by atoms with Crippen molar-refractivity contribution in [2.45, 2.75) is 51.2 Å². The van der Waals surface area contributed by atoms with Gasteiger partial charge in [-0.1, -0.05) is 37.6 Å². The van der Waals surface area contributed by atoms with Crippen LogP contribution >= 0.6 is 23.1 Å². The lowest BCUT2D eigenvalue weighted by Crippen LogP contribution is -2.29. The summed E-state index contributed by atoms with van der Waals surface area (Å²) in [5.74, 6) is 1.36. The molecule has 1 aliphatic rings. The van der Waals surface area contributed by atoms with Crippen LogP contribution in [-0.4, -0.2) is 33.1 Å². The first-order valence-electron chi connectivity index (χ1n) is 8.93. The number of esters is 1. The molecule has 0 fully saturated rings. The normalized spacial score (nSPS) is 16.3. The first kappa shape index (κ1) is 19.0. The number of rotatable bonds is 8. The van der Waals surface area contributed by atoms with E-state index in [0.717, 1.165) is 27.9 Å². The molecule has 0 amide bonds.